The Morgan fingerprint density at radius 2 is 1.96 bits per heavy atom. The Bertz CT molecular complexity index is 839. The number of carbonyl (C=O) groups excluding carboxylic acids is 1. The Labute approximate surface area is 157 Å². The number of amides is 1. The van der Waals surface area contributed by atoms with Crippen molar-refractivity contribution in [1.82, 2.24) is 30.4 Å². The quantitative estimate of drug-likeness (QED) is 0.719. The Morgan fingerprint density at radius 1 is 1.15 bits per heavy atom. The van der Waals surface area contributed by atoms with Gasteiger partial charge in [-0.1, -0.05) is 6.42 Å². The van der Waals surface area contributed by atoms with Crippen LogP contribution in [0.3, 0.4) is 0 Å². The molecule has 1 aliphatic rings. The van der Waals surface area contributed by atoms with Crippen molar-refractivity contribution < 1.29 is 9.21 Å². The van der Waals surface area contributed by atoms with E-state index in [9.17, 15) is 4.79 Å². The van der Waals surface area contributed by atoms with Gasteiger partial charge in [-0.3, -0.25) is 9.69 Å². The second-order valence-corrected chi connectivity index (χ2v) is 6.64. The summed E-state index contributed by atoms with van der Waals surface area (Å²) in [6.07, 6.45) is 6.84. The molecule has 0 spiro atoms. The molecule has 1 aromatic carbocycles. The Morgan fingerprint density at radius 3 is 2.63 bits per heavy atom. The molecule has 140 valence electrons. The zero-order valence-corrected chi connectivity index (χ0v) is 15.0. The number of hydrogen-bond acceptors (Lipinski definition) is 6. The summed E-state index contributed by atoms with van der Waals surface area (Å²) in [6.45, 7) is 2.57. The molecule has 3 aromatic rings. The first-order valence-corrected chi connectivity index (χ1v) is 9.20. The van der Waals surface area contributed by atoms with Crippen LogP contribution in [-0.4, -0.2) is 50.6 Å². The predicted octanol–water partition coefficient (Wildman–Crippen LogP) is 2.21. The van der Waals surface area contributed by atoms with Crippen molar-refractivity contribution in [2.75, 3.05) is 19.6 Å². The lowest BCUT2D eigenvalue weighted by molar-refractivity contribution is 0.0914. The van der Waals surface area contributed by atoms with Crippen LogP contribution >= 0.6 is 0 Å². The van der Waals surface area contributed by atoms with Crippen LogP contribution in [0, 0.1) is 0 Å². The number of aromatic nitrogens is 4. The van der Waals surface area contributed by atoms with Crippen molar-refractivity contribution in [1.29, 1.82) is 0 Å². The number of benzene rings is 1. The van der Waals surface area contributed by atoms with Gasteiger partial charge in [-0.05, 0) is 72.8 Å². The molecule has 1 N–H and O–H groups in total. The molecular weight excluding hydrogens is 344 g/mol. The first-order valence-electron chi connectivity index (χ1n) is 9.20. The van der Waals surface area contributed by atoms with Gasteiger partial charge in [-0.25, -0.2) is 4.68 Å². The van der Waals surface area contributed by atoms with Gasteiger partial charge in [-0.2, -0.15) is 0 Å². The van der Waals surface area contributed by atoms with Crippen molar-refractivity contribution in [3.63, 3.8) is 0 Å². The van der Waals surface area contributed by atoms with E-state index in [1.807, 2.05) is 24.3 Å². The smallest absolute Gasteiger partial charge is 0.251 e. The van der Waals surface area contributed by atoms with Crippen molar-refractivity contribution >= 4 is 5.91 Å². The van der Waals surface area contributed by atoms with Crippen molar-refractivity contribution in [3.8, 4) is 5.69 Å². The average Bonchev–Trinajstić information content (AvgIpc) is 3.43. The van der Waals surface area contributed by atoms with Gasteiger partial charge in [-0.15, -0.1) is 5.10 Å². The molecule has 4 rings (SSSR count). The number of rotatable bonds is 6. The molecule has 0 bridgehead atoms. The van der Waals surface area contributed by atoms with Crippen LogP contribution in [0.1, 0.15) is 41.4 Å². The summed E-state index contributed by atoms with van der Waals surface area (Å²) in [5.74, 6) is 0.790. The van der Waals surface area contributed by atoms with E-state index in [-0.39, 0.29) is 11.9 Å². The van der Waals surface area contributed by atoms with E-state index >= 15 is 0 Å². The number of nitrogens with zero attached hydrogens (tertiary/aromatic N) is 5. The third-order valence-corrected chi connectivity index (χ3v) is 4.90. The van der Waals surface area contributed by atoms with E-state index in [0.29, 0.717) is 12.1 Å². The highest BCUT2D eigenvalue weighted by Crippen LogP contribution is 2.24. The van der Waals surface area contributed by atoms with Crippen LogP contribution in [0.5, 0.6) is 0 Å². The molecule has 27 heavy (non-hydrogen) atoms. The minimum Gasteiger partial charge on any atom is -0.468 e. The second kappa shape index (κ2) is 8.13. The van der Waals surface area contributed by atoms with E-state index in [0.717, 1.165) is 24.5 Å². The lowest BCUT2D eigenvalue weighted by Gasteiger charge is -2.33. The lowest BCUT2D eigenvalue weighted by atomic mass is 10.1. The second-order valence-electron chi connectivity index (χ2n) is 6.64. The van der Waals surface area contributed by atoms with Gasteiger partial charge in [0.25, 0.3) is 5.91 Å². The lowest BCUT2D eigenvalue weighted by Crippen LogP contribution is -2.40. The highest BCUT2D eigenvalue weighted by Gasteiger charge is 2.25. The molecule has 3 heterocycles. The minimum absolute atomic E-state index is 0.0600. The van der Waals surface area contributed by atoms with Gasteiger partial charge in [0, 0.05) is 12.1 Å². The van der Waals surface area contributed by atoms with E-state index in [1.54, 1.807) is 23.1 Å². The van der Waals surface area contributed by atoms with Crippen LogP contribution in [0.2, 0.25) is 0 Å². The maximum atomic E-state index is 12.6. The van der Waals surface area contributed by atoms with Crippen LogP contribution in [0.4, 0.5) is 0 Å². The van der Waals surface area contributed by atoms with Gasteiger partial charge in [0.2, 0.25) is 0 Å². The summed E-state index contributed by atoms with van der Waals surface area (Å²) in [6, 6.07) is 11.1. The van der Waals surface area contributed by atoms with Gasteiger partial charge < -0.3 is 9.73 Å². The van der Waals surface area contributed by atoms with E-state index < -0.39 is 0 Å². The molecule has 0 aliphatic carbocycles. The zero-order chi connectivity index (χ0) is 18.5. The zero-order valence-electron chi connectivity index (χ0n) is 15.0. The van der Waals surface area contributed by atoms with E-state index in [1.165, 1.54) is 25.6 Å². The Kier molecular flexibility index (Phi) is 5.24. The standard InChI is InChI=1S/C19H22N6O2/c26-19(15-6-8-16(9-7-15)25-14-21-22-23-25)20-13-17(18-5-4-12-27-18)24-10-2-1-3-11-24/h4-9,12,14,17H,1-3,10-11,13H2,(H,20,26)/t17-/m0/s1. The van der Waals surface area contributed by atoms with Crippen LogP contribution in [0.15, 0.2) is 53.4 Å². The number of piperidine rings is 1. The van der Waals surface area contributed by atoms with Gasteiger partial charge in [0.15, 0.2) is 0 Å². The molecular formula is C19H22N6O2. The van der Waals surface area contributed by atoms with Crippen LogP contribution < -0.4 is 5.32 Å². The maximum absolute atomic E-state index is 12.6. The van der Waals surface area contributed by atoms with E-state index in [4.69, 9.17) is 4.42 Å². The van der Waals surface area contributed by atoms with Gasteiger partial charge in [0.1, 0.15) is 12.1 Å². The molecule has 8 heteroatoms. The fourth-order valence-electron chi connectivity index (χ4n) is 3.46. The first-order chi connectivity index (χ1) is 13.3. The largest absolute Gasteiger partial charge is 0.468 e. The topological polar surface area (TPSA) is 89.1 Å². The maximum Gasteiger partial charge on any atom is 0.251 e. The summed E-state index contributed by atoms with van der Waals surface area (Å²) in [5.41, 5.74) is 1.40. The highest BCUT2D eigenvalue weighted by molar-refractivity contribution is 5.94. The molecule has 0 unspecified atom stereocenters. The monoisotopic (exact) mass is 366 g/mol. The van der Waals surface area contributed by atoms with Crippen molar-refractivity contribution in [2.45, 2.75) is 25.3 Å². The SMILES string of the molecule is O=C(NC[C@@H](c1ccco1)N1CCCCC1)c1ccc(-n2cnnn2)cc1. The summed E-state index contributed by atoms with van der Waals surface area (Å²) >= 11 is 0. The van der Waals surface area contributed by atoms with Crippen LogP contribution in [0.25, 0.3) is 5.69 Å². The van der Waals surface area contributed by atoms with Gasteiger partial charge >= 0.3 is 0 Å². The molecule has 1 atom stereocenters. The molecule has 0 radical (unpaired) electrons. The summed E-state index contributed by atoms with van der Waals surface area (Å²) < 4.78 is 7.18. The van der Waals surface area contributed by atoms with E-state index in [2.05, 4.69) is 25.7 Å². The summed E-state index contributed by atoms with van der Waals surface area (Å²) in [4.78, 5) is 15.0. The third kappa shape index (κ3) is 4.06. The minimum atomic E-state index is -0.105. The number of likely N-dealkylation sites (tertiary alicyclic amines) is 1. The van der Waals surface area contributed by atoms with Crippen molar-refractivity contribution in [3.05, 3.63) is 60.3 Å². The third-order valence-electron chi connectivity index (χ3n) is 4.90. The number of tetrazole rings is 1. The number of hydrogen-bond donors (Lipinski definition) is 1. The normalized spacial score (nSPS) is 16.1. The molecule has 8 nitrogen and oxygen atoms in total. The Balaban J connectivity index is 1.41. The number of nitrogens with one attached hydrogen (secondary N) is 1. The molecule has 1 fully saturated rings. The fourth-order valence-corrected chi connectivity index (χ4v) is 3.46. The highest BCUT2D eigenvalue weighted by atomic mass is 16.3. The molecule has 2 aromatic heterocycles. The molecule has 0 saturated carbocycles. The summed E-state index contributed by atoms with van der Waals surface area (Å²) in [7, 11) is 0. The molecule has 1 amide bonds. The fraction of sp³-hybridized carbons (Fsp3) is 0.368. The first kappa shape index (κ1) is 17.4. The Hall–Kier alpha value is -3.00. The van der Waals surface area contributed by atoms with Crippen molar-refractivity contribution in [2.24, 2.45) is 0 Å². The number of furan rings is 1. The van der Waals surface area contributed by atoms with Crippen LogP contribution in [-0.2, 0) is 0 Å². The average molecular weight is 366 g/mol. The summed E-state index contributed by atoms with van der Waals surface area (Å²) in [5, 5.41) is 14.1. The van der Waals surface area contributed by atoms with Gasteiger partial charge in [0.05, 0.1) is 18.0 Å². The molecule has 1 aliphatic heterocycles. The number of carbonyl (C=O) groups is 1. The molecule has 1 saturated heterocycles. The predicted molar refractivity (Wildman–Crippen MR) is 98.4 cm³/mol.